The molecule has 4 aliphatic rings. The van der Waals surface area contributed by atoms with Crippen LogP contribution < -0.4 is 0 Å². The predicted molar refractivity (Wildman–Crippen MR) is 108 cm³/mol. The fraction of sp³-hybridized carbons (Fsp3) is 0.409. The van der Waals surface area contributed by atoms with E-state index in [0.29, 0.717) is 37.2 Å². The molecule has 0 radical (unpaired) electrons. The molecule has 1 aromatic carbocycles. The first-order valence-electron chi connectivity index (χ1n) is 10.6. The Balaban J connectivity index is 1.25. The van der Waals surface area contributed by atoms with Crippen molar-refractivity contribution >= 4 is 18.0 Å². The van der Waals surface area contributed by atoms with Crippen LogP contribution in [0.3, 0.4) is 0 Å². The van der Waals surface area contributed by atoms with Crippen LogP contribution >= 0.6 is 0 Å². The van der Waals surface area contributed by atoms with Crippen LogP contribution in [0.15, 0.2) is 41.9 Å². The molecule has 1 aromatic heterocycles. The van der Waals surface area contributed by atoms with Crippen molar-refractivity contribution in [1.82, 2.24) is 25.0 Å². The topological polar surface area (TPSA) is 82.0 Å². The molecule has 10 heteroatoms. The third-order valence-electron chi connectivity index (χ3n) is 7.16. The quantitative estimate of drug-likeness (QED) is 0.734. The molecule has 2 saturated heterocycles. The van der Waals surface area contributed by atoms with Crippen LogP contribution in [0.2, 0.25) is 0 Å². The molecule has 5 atom stereocenters. The van der Waals surface area contributed by atoms with Crippen molar-refractivity contribution in [2.75, 3.05) is 13.1 Å². The van der Waals surface area contributed by atoms with E-state index in [1.165, 1.54) is 29.7 Å². The van der Waals surface area contributed by atoms with E-state index in [1.807, 2.05) is 5.01 Å². The van der Waals surface area contributed by atoms with Gasteiger partial charge in [-0.05, 0) is 36.6 Å². The average molecular weight is 438 g/mol. The molecule has 6 rings (SSSR count). The maximum absolute atomic E-state index is 13.8. The van der Waals surface area contributed by atoms with Gasteiger partial charge in [0.1, 0.15) is 23.7 Å². The molecule has 2 aromatic rings. The molecule has 1 spiro atoms. The number of aromatic nitrogens is 2. The number of carbonyl (C=O) groups excluding carboxylic acids is 2. The van der Waals surface area contributed by atoms with Gasteiger partial charge in [0.15, 0.2) is 0 Å². The number of benzene rings is 1. The lowest BCUT2D eigenvalue weighted by Crippen LogP contribution is -2.49. The van der Waals surface area contributed by atoms with Crippen LogP contribution in [-0.2, 0) is 4.79 Å². The van der Waals surface area contributed by atoms with E-state index in [-0.39, 0.29) is 29.2 Å². The van der Waals surface area contributed by atoms with Gasteiger partial charge in [0, 0.05) is 43.4 Å². The van der Waals surface area contributed by atoms with Gasteiger partial charge in [-0.3, -0.25) is 14.6 Å². The van der Waals surface area contributed by atoms with Crippen molar-refractivity contribution in [3.05, 3.63) is 59.7 Å². The molecule has 32 heavy (non-hydrogen) atoms. The summed E-state index contributed by atoms with van der Waals surface area (Å²) in [5.74, 6) is -1.99. The Morgan fingerprint density at radius 1 is 1.16 bits per heavy atom. The number of amides is 2. The average Bonchev–Trinajstić information content (AvgIpc) is 3.16. The number of hydrogen-bond donors (Lipinski definition) is 0. The second-order valence-corrected chi connectivity index (χ2v) is 8.86. The van der Waals surface area contributed by atoms with Crippen molar-refractivity contribution in [1.29, 1.82) is 0 Å². The number of fused-ring (bicyclic) bond motifs is 1. The minimum atomic E-state index is -0.678. The summed E-state index contributed by atoms with van der Waals surface area (Å²) in [6, 6.07) is 4.32. The number of piperidine rings is 1. The molecule has 1 aliphatic carbocycles. The second kappa shape index (κ2) is 6.86. The molecule has 2 amide bonds. The van der Waals surface area contributed by atoms with Gasteiger partial charge in [0.05, 0.1) is 18.0 Å². The van der Waals surface area contributed by atoms with Gasteiger partial charge in [0.2, 0.25) is 5.91 Å². The fourth-order valence-corrected chi connectivity index (χ4v) is 5.66. The molecule has 4 heterocycles. The van der Waals surface area contributed by atoms with Crippen LogP contribution in [0, 0.1) is 23.0 Å². The minimum Gasteiger partial charge on any atom is -0.273 e. The molecule has 3 aliphatic heterocycles. The lowest BCUT2D eigenvalue weighted by atomic mass is 9.82. The number of hydrazone groups is 1. The van der Waals surface area contributed by atoms with Gasteiger partial charge in [-0.15, -0.1) is 0 Å². The van der Waals surface area contributed by atoms with Crippen LogP contribution in [0.5, 0.6) is 0 Å². The first kappa shape index (κ1) is 19.4. The first-order valence-corrected chi connectivity index (χ1v) is 10.6. The van der Waals surface area contributed by atoms with Gasteiger partial charge >= 0.3 is 0 Å². The van der Waals surface area contributed by atoms with Crippen molar-refractivity contribution in [2.45, 2.75) is 31.3 Å². The number of hydrazine groups is 1. The van der Waals surface area contributed by atoms with E-state index in [9.17, 15) is 18.4 Å². The van der Waals surface area contributed by atoms with Gasteiger partial charge < -0.3 is 0 Å². The Hall–Kier alpha value is -3.27. The molecule has 8 nitrogen and oxygen atoms in total. The SMILES string of the molecule is O=C(C1CCN2CC13CC3N2C(=O)c1ccncn1)N1N=CCC1c1cc(F)cc(F)c1. The van der Waals surface area contributed by atoms with Gasteiger partial charge in [-0.2, -0.15) is 5.10 Å². The van der Waals surface area contributed by atoms with E-state index in [4.69, 9.17) is 0 Å². The molecule has 5 unspecified atom stereocenters. The maximum atomic E-state index is 13.8. The monoisotopic (exact) mass is 438 g/mol. The zero-order chi connectivity index (χ0) is 22.0. The van der Waals surface area contributed by atoms with E-state index >= 15 is 0 Å². The number of rotatable bonds is 3. The van der Waals surface area contributed by atoms with Crippen molar-refractivity contribution in [3.8, 4) is 0 Å². The van der Waals surface area contributed by atoms with Gasteiger partial charge in [0.25, 0.3) is 5.91 Å². The van der Waals surface area contributed by atoms with Crippen LogP contribution in [0.1, 0.15) is 41.4 Å². The van der Waals surface area contributed by atoms with Gasteiger partial charge in [-0.1, -0.05) is 0 Å². The molecule has 3 fully saturated rings. The Labute approximate surface area is 182 Å². The van der Waals surface area contributed by atoms with Crippen LogP contribution in [0.4, 0.5) is 8.78 Å². The molecular weight excluding hydrogens is 418 g/mol. The number of halogens is 2. The highest BCUT2D eigenvalue weighted by molar-refractivity contribution is 5.93. The highest BCUT2D eigenvalue weighted by atomic mass is 19.1. The molecule has 164 valence electrons. The van der Waals surface area contributed by atoms with Crippen LogP contribution in [-0.4, -0.2) is 62.2 Å². The van der Waals surface area contributed by atoms with Crippen molar-refractivity contribution < 1.29 is 18.4 Å². The summed E-state index contributed by atoms with van der Waals surface area (Å²) >= 11 is 0. The van der Waals surface area contributed by atoms with E-state index in [0.717, 1.165) is 12.5 Å². The Morgan fingerprint density at radius 3 is 2.72 bits per heavy atom. The van der Waals surface area contributed by atoms with Gasteiger partial charge in [-0.25, -0.2) is 28.8 Å². The highest BCUT2D eigenvalue weighted by Crippen LogP contribution is 2.64. The largest absolute Gasteiger partial charge is 0.287 e. The second-order valence-electron chi connectivity index (χ2n) is 8.86. The summed E-state index contributed by atoms with van der Waals surface area (Å²) in [6.07, 6.45) is 6.24. The lowest BCUT2D eigenvalue weighted by molar-refractivity contribution is -0.141. The molecular formula is C22H20F2N6O2. The number of carbonyl (C=O) groups is 2. The zero-order valence-corrected chi connectivity index (χ0v) is 17.1. The molecule has 0 N–H and O–H groups in total. The smallest absolute Gasteiger partial charge is 0.273 e. The van der Waals surface area contributed by atoms with Crippen molar-refractivity contribution in [2.24, 2.45) is 16.4 Å². The summed E-state index contributed by atoms with van der Waals surface area (Å²) in [4.78, 5) is 34.6. The van der Waals surface area contributed by atoms with E-state index < -0.39 is 17.7 Å². The zero-order valence-electron chi connectivity index (χ0n) is 17.1. The Kier molecular flexibility index (Phi) is 4.16. The first-order chi connectivity index (χ1) is 15.5. The summed E-state index contributed by atoms with van der Waals surface area (Å²) in [6.45, 7) is 1.20. The molecule has 1 saturated carbocycles. The summed E-state index contributed by atoms with van der Waals surface area (Å²) in [5.41, 5.74) is 0.408. The van der Waals surface area contributed by atoms with Crippen molar-refractivity contribution in [3.63, 3.8) is 0 Å². The van der Waals surface area contributed by atoms with E-state index in [2.05, 4.69) is 15.1 Å². The Bertz CT molecular complexity index is 1120. The van der Waals surface area contributed by atoms with E-state index in [1.54, 1.807) is 17.3 Å². The minimum absolute atomic E-state index is 0.0573. The third-order valence-corrected chi connectivity index (χ3v) is 7.16. The van der Waals surface area contributed by atoms with Crippen LogP contribution in [0.25, 0.3) is 0 Å². The summed E-state index contributed by atoms with van der Waals surface area (Å²) in [7, 11) is 0. The molecule has 2 bridgehead atoms. The predicted octanol–water partition coefficient (Wildman–Crippen LogP) is 2.17. The normalized spacial score (nSPS) is 32.2. The standard InChI is InChI=1S/C22H20F2N6O2/c23-14-7-13(8-15(24)9-14)18-2-5-27-29(18)20(31)16-3-6-28-11-22(16)10-19(22)30(28)21(32)17-1-4-25-12-26-17/h1,4-5,7-9,12,16,18-19H,2-3,6,10-11H2. The maximum Gasteiger partial charge on any atom is 0.287 e. The summed E-state index contributed by atoms with van der Waals surface area (Å²) < 4.78 is 27.6. The Morgan fingerprint density at radius 2 is 1.97 bits per heavy atom. The fourth-order valence-electron chi connectivity index (χ4n) is 5.66. The lowest BCUT2D eigenvalue weighted by Gasteiger charge is -2.37. The highest BCUT2D eigenvalue weighted by Gasteiger charge is 2.72. The number of nitrogens with zero attached hydrogens (tertiary/aromatic N) is 6. The third kappa shape index (κ3) is 2.78. The number of hydrogen-bond acceptors (Lipinski definition) is 6. The summed E-state index contributed by atoms with van der Waals surface area (Å²) in [5, 5.41) is 9.41.